The molecule has 2 heterocycles. The first-order chi connectivity index (χ1) is 6.16. The predicted molar refractivity (Wildman–Crippen MR) is 53.5 cm³/mol. The molecule has 0 saturated heterocycles. The third kappa shape index (κ3) is 1.42. The van der Waals surface area contributed by atoms with Crippen molar-refractivity contribution in [3.8, 4) is 10.6 Å². The summed E-state index contributed by atoms with van der Waals surface area (Å²) >= 11 is 1.62. The molecular weight excluding hydrogens is 184 g/mol. The second kappa shape index (κ2) is 2.85. The van der Waals surface area contributed by atoms with Crippen molar-refractivity contribution in [3.05, 3.63) is 17.3 Å². The first kappa shape index (κ1) is 8.25. The fourth-order valence-electron chi connectivity index (χ4n) is 1.08. The summed E-state index contributed by atoms with van der Waals surface area (Å²) < 4.78 is 1.66. The van der Waals surface area contributed by atoms with Crippen molar-refractivity contribution in [2.24, 2.45) is 7.05 Å². The van der Waals surface area contributed by atoms with Crippen LogP contribution in [0.15, 0.2) is 12.3 Å². The number of nitrogen functional groups attached to an aromatic ring is 1. The summed E-state index contributed by atoms with van der Waals surface area (Å²) in [6, 6.07) is 1.85. The maximum absolute atomic E-state index is 5.67. The summed E-state index contributed by atoms with van der Waals surface area (Å²) in [5, 5.41) is 5.30. The van der Waals surface area contributed by atoms with Gasteiger partial charge < -0.3 is 5.73 Å². The summed E-state index contributed by atoms with van der Waals surface area (Å²) in [6.07, 6.45) is 1.82. The Balaban J connectivity index is 2.46. The number of nitrogens with two attached hydrogens (primary N) is 1. The summed E-state index contributed by atoms with van der Waals surface area (Å²) in [4.78, 5) is 5.22. The van der Waals surface area contributed by atoms with E-state index in [1.807, 2.05) is 26.2 Å². The molecule has 0 spiro atoms. The van der Waals surface area contributed by atoms with Crippen LogP contribution in [0.4, 0.5) is 5.82 Å². The summed E-state index contributed by atoms with van der Waals surface area (Å²) in [7, 11) is 1.83. The molecule has 0 amide bonds. The molecule has 0 fully saturated rings. The first-order valence-corrected chi connectivity index (χ1v) is 4.71. The minimum absolute atomic E-state index is 0.668. The monoisotopic (exact) mass is 194 g/mol. The van der Waals surface area contributed by atoms with Gasteiger partial charge in [0, 0.05) is 19.3 Å². The van der Waals surface area contributed by atoms with Crippen LogP contribution in [0.5, 0.6) is 0 Å². The van der Waals surface area contributed by atoms with Gasteiger partial charge in [0.25, 0.3) is 0 Å². The second-order valence-electron chi connectivity index (χ2n) is 2.82. The zero-order chi connectivity index (χ0) is 9.42. The van der Waals surface area contributed by atoms with Crippen LogP contribution >= 0.6 is 11.3 Å². The highest BCUT2D eigenvalue weighted by atomic mass is 32.1. The van der Waals surface area contributed by atoms with Gasteiger partial charge in [0.15, 0.2) is 0 Å². The van der Waals surface area contributed by atoms with Gasteiger partial charge in [0.05, 0.1) is 9.88 Å². The van der Waals surface area contributed by atoms with E-state index in [1.54, 1.807) is 16.0 Å². The van der Waals surface area contributed by atoms with Crippen molar-refractivity contribution in [1.29, 1.82) is 0 Å². The Labute approximate surface area is 80.0 Å². The third-order valence-corrected chi connectivity index (χ3v) is 2.73. The first-order valence-electron chi connectivity index (χ1n) is 3.89. The number of hydrogen-bond acceptors (Lipinski definition) is 4. The van der Waals surface area contributed by atoms with E-state index in [-0.39, 0.29) is 0 Å². The number of rotatable bonds is 1. The van der Waals surface area contributed by atoms with Crippen LogP contribution in [0.3, 0.4) is 0 Å². The maximum Gasteiger partial charge on any atom is 0.121 e. The van der Waals surface area contributed by atoms with Gasteiger partial charge in [0.1, 0.15) is 11.5 Å². The second-order valence-corrected chi connectivity index (χ2v) is 4.06. The third-order valence-electron chi connectivity index (χ3n) is 1.79. The fraction of sp³-hybridized carbons (Fsp3) is 0.250. The minimum atomic E-state index is 0.668. The summed E-state index contributed by atoms with van der Waals surface area (Å²) in [6.45, 7) is 1.97. The number of anilines is 1. The van der Waals surface area contributed by atoms with Crippen molar-refractivity contribution in [3.63, 3.8) is 0 Å². The average molecular weight is 194 g/mol. The van der Waals surface area contributed by atoms with E-state index in [4.69, 9.17) is 5.73 Å². The quantitative estimate of drug-likeness (QED) is 0.747. The molecule has 0 aliphatic heterocycles. The topological polar surface area (TPSA) is 56.7 Å². The molecule has 2 aromatic rings. The Kier molecular flexibility index (Phi) is 1.81. The number of hydrogen-bond donors (Lipinski definition) is 1. The van der Waals surface area contributed by atoms with Crippen LogP contribution in [0.25, 0.3) is 10.6 Å². The van der Waals surface area contributed by atoms with E-state index < -0.39 is 0 Å². The van der Waals surface area contributed by atoms with Gasteiger partial charge in [-0.3, -0.25) is 4.68 Å². The van der Waals surface area contributed by atoms with Gasteiger partial charge in [-0.15, -0.1) is 11.3 Å². The highest BCUT2D eigenvalue weighted by Crippen LogP contribution is 2.25. The zero-order valence-corrected chi connectivity index (χ0v) is 8.30. The van der Waals surface area contributed by atoms with Gasteiger partial charge in [-0.05, 0) is 6.92 Å². The SMILES string of the molecule is Cc1ncc(-c2cc(N)n(C)n2)s1. The van der Waals surface area contributed by atoms with Gasteiger partial charge >= 0.3 is 0 Å². The Morgan fingerprint density at radius 3 is 2.77 bits per heavy atom. The Hall–Kier alpha value is -1.36. The van der Waals surface area contributed by atoms with Crippen molar-refractivity contribution < 1.29 is 0 Å². The van der Waals surface area contributed by atoms with Gasteiger partial charge in [-0.1, -0.05) is 0 Å². The lowest BCUT2D eigenvalue weighted by molar-refractivity contribution is 0.783. The molecule has 0 unspecified atom stereocenters. The molecule has 0 aliphatic rings. The molecule has 0 atom stereocenters. The molecule has 2 N–H and O–H groups in total. The molecule has 2 rings (SSSR count). The van der Waals surface area contributed by atoms with Crippen molar-refractivity contribution in [2.75, 3.05) is 5.73 Å². The lowest BCUT2D eigenvalue weighted by atomic mass is 10.4. The Morgan fingerprint density at radius 2 is 2.31 bits per heavy atom. The lowest BCUT2D eigenvalue weighted by Gasteiger charge is -1.88. The van der Waals surface area contributed by atoms with E-state index in [1.165, 1.54) is 0 Å². The van der Waals surface area contributed by atoms with Gasteiger partial charge in [-0.2, -0.15) is 5.10 Å². The van der Waals surface area contributed by atoms with Crippen molar-refractivity contribution in [1.82, 2.24) is 14.8 Å². The number of nitrogens with zero attached hydrogens (tertiary/aromatic N) is 3. The molecule has 0 aromatic carbocycles. The molecule has 13 heavy (non-hydrogen) atoms. The van der Waals surface area contributed by atoms with Crippen molar-refractivity contribution >= 4 is 17.2 Å². The lowest BCUT2D eigenvalue weighted by Crippen LogP contribution is -1.96. The summed E-state index contributed by atoms with van der Waals surface area (Å²) in [5.74, 6) is 0.668. The Morgan fingerprint density at radius 1 is 1.54 bits per heavy atom. The standard InChI is InChI=1S/C8H10N4S/c1-5-10-4-7(13-5)6-3-8(9)12(2)11-6/h3-4H,9H2,1-2H3. The average Bonchev–Trinajstić information content (AvgIpc) is 2.61. The smallest absolute Gasteiger partial charge is 0.121 e. The van der Waals surface area contributed by atoms with E-state index in [9.17, 15) is 0 Å². The largest absolute Gasteiger partial charge is 0.384 e. The predicted octanol–water partition coefficient (Wildman–Crippen LogP) is 1.43. The van der Waals surface area contributed by atoms with Crippen LogP contribution < -0.4 is 5.73 Å². The molecule has 5 heteroatoms. The van der Waals surface area contributed by atoms with E-state index in [2.05, 4.69) is 10.1 Å². The molecule has 2 aromatic heterocycles. The molecular formula is C8H10N4S. The molecule has 68 valence electrons. The molecule has 0 radical (unpaired) electrons. The van der Waals surface area contributed by atoms with Crippen LogP contribution in [0.2, 0.25) is 0 Å². The maximum atomic E-state index is 5.67. The highest BCUT2D eigenvalue weighted by molar-refractivity contribution is 7.15. The number of aryl methyl sites for hydroxylation is 2. The van der Waals surface area contributed by atoms with Crippen LogP contribution in [0.1, 0.15) is 5.01 Å². The molecule has 0 aliphatic carbocycles. The molecule has 0 saturated carbocycles. The van der Waals surface area contributed by atoms with E-state index in [0.717, 1.165) is 15.6 Å². The fourth-order valence-corrected chi connectivity index (χ4v) is 1.82. The summed E-state index contributed by atoms with van der Waals surface area (Å²) in [5.41, 5.74) is 6.56. The van der Waals surface area contributed by atoms with Gasteiger partial charge in [-0.25, -0.2) is 4.98 Å². The van der Waals surface area contributed by atoms with E-state index >= 15 is 0 Å². The Bertz CT molecular complexity index is 410. The number of thiazole rings is 1. The zero-order valence-electron chi connectivity index (χ0n) is 7.48. The van der Waals surface area contributed by atoms with Crippen LogP contribution in [0, 0.1) is 6.92 Å². The highest BCUT2D eigenvalue weighted by Gasteiger charge is 2.06. The normalized spacial score (nSPS) is 10.6. The molecule has 4 nitrogen and oxygen atoms in total. The van der Waals surface area contributed by atoms with Gasteiger partial charge in [0.2, 0.25) is 0 Å². The molecule has 0 bridgehead atoms. The number of aromatic nitrogens is 3. The van der Waals surface area contributed by atoms with Crippen molar-refractivity contribution in [2.45, 2.75) is 6.92 Å². The van der Waals surface area contributed by atoms with Crippen LogP contribution in [-0.4, -0.2) is 14.8 Å². The van der Waals surface area contributed by atoms with Crippen LogP contribution in [-0.2, 0) is 7.05 Å². The van der Waals surface area contributed by atoms with E-state index in [0.29, 0.717) is 5.82 Å². The minimum Gasteiger partial charge on any atom is -0.384 e.